The number of rotatable bonds is 3. The molecule has 1 atom stereocenters. The predicted octanol–water partition coefficient (Wildman–Crippen LogP) is 2.95. The maximum Gasteiger partial charge on any atom is 0.194 e. The lowest BCUT2D eigenvalue weighted by atomic mass is 9.91. The molecule has 4 nitrogen and oxygen atoms in total. The molecule has 1 unspecified atom stereocenters. The molecule has 3 rings (SSSR count). The number of carbonyl (C=O) groups excluding carboxylic acids is 1. The first-order valence-corrected chi connectivity index (χ1v) is 7.53. The van der Waals surface area contributed by atoms with Gasteiger partial charge in [0.2, 0.25) is 0 Å². The van der Waals surface area contributed by atoms with Gasteiger partial charge in [0.05, 0.1) is 5.70 Å². The number of nitrogens with zero attached hydrogens (tertiary/aromatic N) is 1. The summed E-state index contributed by atoms with van der Waals surface area (Å²) in [6.45, 7) is 3.60. The lowest BCUT2D eigenvalue weighted by Crippen LogP contribution is -2.36. The van der Waals surface area contributed by atoms with Crippen LogP contribution in [0.25, 0.3) is 5.70 Å². The van der Waals surface area contributed by atoms with Crippen LogP contribution in [0.3, 0.4) is 0 Å². The number of nitrogens with two attached hydrogens (primary N) is 1. The molecular weight excluding hydrogens is 286 g/mol. The maximum absolute atomic E-state index is 12.3. The summed E-state index contributed by atoms with van der Waals surface area (Å²) in [6, 6.07) is 17.4. The molecule has 2 aromatic rings. The van der Waals surface area contributed by atoms with Gasteiger partial charge in [-0.3, -0.25) is 4.79 Å². The van der Waals surface area contributed by atoms with E-state index in [-0.39, 0.29) is 11.8 Å². The number of ketones is 1. The van der Waals surface area contributed by atoms with E-state index in [0.29, 0.717) is 11.5 Å². The first kappa shape index (κ1) is 15.0. The van der Waals surface area contributed by atoms with E-state index in [4.69, 9.17) is 5.73 Å². The van der Waals surface area contributed by atoms with Gasteiger partial charge in [0.15, 0.2) is 11.7 Å². The molecule has 1 aliphatic heterocycles. The molecule has 0 radical (unpaired) electrons. The molecule has 23 heavy (non-hydrogen) atoms. The third kappa shape index (κ3) is 3.01. The molecule has 3 N–H and O–H groups in total. The van der Waals surface area contributed by atoms with Crippen LogP contribution in [0.1, 0.15) is 29.7 Å². The Balaban J connectivity index is 2.16. The first-order chi connectivity index (χ1) is 11.1. The fourth-order valence-electron chi connectivity index (χ4n) is 2.76. The Morgan fingerprint density at radius 3 is 2.35 bits per heavy atom. The number of hydrogen-bond acceptors (Lipinski definition) is 4. The highest BCUT2D eigenvalue weighted by atomic mass is 16.1. The van der Waals surface area contributed by atoms with Crippen molar-refractivity contribution in [3.8, 4) is 0 Å². The minimum Gasteiger partial charge on any atom is -0.370 e. The average molecular weight is 305 g/mol. The van der Waals surface area contributed by atoms with Gasteiger partial charge in [-0.05, 0) is 25.0 Å². The Bertz CT molecular complexity index is 789. The Hall–Kier alpha value is -2.88. The quantitative estimate of drug-likeness (QED) is 0.916. The Kier molecular flexibility index (Phi) is 3.98. The van der Waals surface area contributed by atoms with E-state index >= 15 is 0 Å². The monoisotopic (exact) mass is 305 g/mol. The minimum atomic E-state index is -0.385. The van der Waals surface area contributed by atoms with Crippen molar-refractivity contribution in [1.82, 2.24) is 5.32 Å². The third-order valence-corrected chi connectivity index (χ3v) is 3.90. The molecule has 0 aromatic heterocycles. The van der Waals surface area contributed by atoms with E-state index in [2.05, 4.69) is 10.3 Å². The minimum absolute atomic E-state index is 0.0156. The number of benzene rings is 2. The second-order valence-corrected chi connectivity index (χ2v) is 5.66. The van der Waals surface area contributed by atoms with Gasteiger partial charge in [0.1, 0.15) is 6.04 Å². The van der Waals surface area contributed by atoms with Crippen LogP contribution in [0.5, 0.6) is 0 Å². The fourth-order valence-corrected chi connectivity index (χ4v) is 2.76. The van der Waals surface area contributed by atoms with Crippen LogP contribution in [0.4, 0.5) is 0 Å². The Morgan fingerprint density at radius 2 is 1.74 bits per heavy atom. The Labute approximate surface area is 135 Å². The zero-order valence-corrected chi connectivity index (χ0v) is 13.2. The second-order valence-electron chi connectivity index (χ2n) is 5.66. The predicted molar refractivity (Wildman–Crippen MR) is 92.7 cm³/mol. The van der Waals surface area contributed by atoms with Gasteiger partial charge in [0.25, 0.3) is 0 Å². The van der Waals surface area contributed by atoms with Crippen LogP contribution < -0.4 is 11.1 Å². The fraction of sp³-hybridized carbons (Fsp3) is 0.158. The van der Waals surface area contributed by atoms with Crippen molar-refractivity contribution < 1.29 is 4.79 Å². The standard InChI is InChI=1S/C19H19N3O/c1-12-8-10-15(11-9-12)18-16(13(2)23)17(21-19(20)22-18)14-6-4-3-5-7-14/h3-11,18H,1-2H3,(H3,20,21,22). The lowest BCUT2D eigenvalue weighted by Gasteiger charge is -2.26. The molecule has 0 saturated heterocycles. The zero-order valence-electron chi connectivity index (χ0n) is 13.2. The zero-order chi connectivity index (χ0) is 16.4. The van der Waals surface area contributed by atoms with Crippen LogP contribution in [0, 0.1) is 6.92 Å². The number of aryl methyl sites for hydroxylation is 1. The Morgan fingerprint density at radius 1 is 1.09 bits per heavy atom. The summed E-state index contributed by atoms with van der Waals surface area (Å²) in [5, 5.41) is 3.06. The summed E-state index contributed by atoms with van der Waals surface area (Å²) in [4.78, 5) is 16.8. The third-order valence-electron chi connectivity index (χ3n) is 3.90. The van der Waals surface area contributed by atoms with E-state index in [1.54, 1.807) is 6.92 Å². The molecule has 0 amide bonds. The summed E-state index contributed by atoms with van der Waals surface area (Å²) < 4.78 is 0. The summed E-state index contributed by atoms with van der Waals surface area (Å²) >= 11 is 0. The normalized spacial score (nSPS) is 17.5. The summed E-state index contributed by atoms with van der Waals surface area (Å²) in [5.74, 6) is 0.303. The molecule has 2 aromatic carbocycles. The summed E-state index contributed by atoms with van der Waals surface area (Å²) in [6.07, 6.45) is 0. The highest BCUT2D eigenvalue weighted by molar-refractivity contribution is 6.06. The molecule has 0 bridgehead atoms. The van der Waals surface area contributed by atoms with Crippen LogP contribution in [-0.2, 0) is 4.79 Å². The summed E-state index contributed by atoms with van der Waals surface area (Å²) in [5.41, 5.74) is 10.4. The van der Waals surface area contributed by atoms with Gasteiger partial charge in [-0.2, -0.15) is 0 Å². The van der Waals surface area contributed by atoms with Crippen molar-refractivity contribution in [2.45, 2.75) is 19.9 Å². The SMILES string of the molecule is CC(=O)C1=C(c2ccccc2)NC(N)=NC1c1ccc(C)cc1. The molecule has 4 heteroatoms. The van der Waals surface area contributed by atoms with E-state index in [9.17, 15) is 4.79 Å². The van der Waals surface area contributed by atoms with Crippen LogP contribution in [0.15, 0.2) is 65.2 Å². The molecule has 0 aliphatic carbocycles. The van der Waals surface area contributed by atoms with Gasteiger partial charge >= 0.3 is 0 Å². The van der Waals surface area contributed by atoms with Crippen molar-refractivity contribution in [1.29, 1.82) is 0 Å². The van der Waals surface area contributed by atoms with Crippen LogP contribution >= 0.6 is 0 Å². The molecule has 0 spiro atoms. The molecular formula is C19H19N3O. The molecule has 1 heterocycles. The van der Waals surface area contributed by atoms with Gasteiger partial charge in [-0.1, -0.05) is 60.2 Å². The lowest BCUT2D eigenvalue weighted by molar-refractivity contribution is -0.113. The average Bonchev–Trinajstić information content (AvgIpc) is 2.55. The number of nitrogens with one attached hydrogen (secondary N) is 1. The molecule has 0 fully saturated rings. The highest BCUT2D eigenvalue weighted by Gasteiger charge is 2.28. The highest BCUT2D eigenvalue weighted by Crippen LogP contribution is 2.34. The van der Waals surface area contributed by atoms with Crippen LogP contribution in [0.2, 0.25) is 0 Å². The van der Waals surface area contributed by atoms with Crippen molar-refractivity contribution >= 4 is 17.4 Å². The van der Waals surface area contributed by atoms with E-state index in [1.165, 1.54) is 0 Å². The van der Waals surface area contributed by atoms with Crippen LogP contribution in [-0.4, -0.2) is 11.7 Å². The molecule has 1 aliphatic rings. The van der Waals surface area contributed by atoms with Gasteiger partial charge < -0.3 is 11.1 Å². The molecule has 0 saturated carbocycles. The second kappa shape index (κ2) is 6.08. The first-order valence-electron chi connectivity index (χ1n) is 7.53. The maximum atomic E-state index is 12.3. The van der Waals surface area contributed by atoms with E-state index < -0.39 is 0 Å². The topological polar surface area (TPSA) is 67.5 Å². The van der Waals surface area contributed by atoms with E-state index in [1.807, 2.05) is 61.5 Å². The van der Waals surface area contributed by atoms with Crippen molar-refractivity contribution in [2.75, 3.05) is 0 Å². The van der Waals surface area contributed by atoms with Crippen molar-refractivity contribution in [2.24, 2.45) is 10.7 Å². The number of guanidine groups is 1. The largest absolute Gasteiger partial charge is 0.370 e. The van der Waals surface area contributed by atoms with E-state index in [0.717, 1.165) is 22.4 Å². The molecule has 116 valence electrons. The van der Waals surface area contributed by atoms with Gasteiger partial charge in [-0.25, -0.2) is 4.99 Å². The number of aliphatic imine (C=N–C) groups is 1. The van der Waals surface area contributed by atoms with Crippen molar-refractivity contribution in [3.63, 3.8) is 0 Å². The number of Topliss-reactive ketones (excluding diaryl/α,β-unsaturated/α-hetero) is 1. The summed E-state index contributed by atoms with van der Waals surface area (Å²) in [7, 11) is 0. The number of carbonyl (C=O) groups is 1. The number of hydrogen-bond donors (Lipinski definition) is 2. The smallest absolute Gasteiger partial charge is 0.194 e. The van der Waals surface area contributed by atoms with Gasteiger partial charge in [0, 0.05) is 5.57 Å². The van der Waals surface area contributed by atoms with Gasteiger partial charge in [-0.15, -0.1) is 0 Å². The van der Waals surface area contributed by atoms with Crippen molar-refractivity contribution in [3.05, 3.63) is 76.9 Å².